The highest BCUT2D eigenvalue weighted by atomic mass is 16.2. The third-order valence-electron chi connectivity index (χ3n) is 5.68. The molecule has 8 nitrogen and oxygen atoms in total. The zero-order valence-corrected chi connectivity index (χ0v) is 21.1. The lowest BCUT2D eigenvalue weighted by molar-refractivity contribution is -0.123. The molecule has 0 aliphatic rings. The second-order valence-electron chi connectivity index (χ2n) is 9.26. The summed E-state index contributed by atoms with van der Waals surface area (Å²) in [6, 6.07) is 9.52. The van der Waals surface area contributed by atoms with E-state index in [1.54, 1.807) is 37.3 Å². The Morgan fingerprint density at radius 3 is 2.31 bits per heavy atom. The average molecular weight is 480 g/mol. The van der Waals surface area contributed by atoms with Gasteiger partial charge in [-0.2, -0.15) is 0 Å². The Morgan fingerprint density at radius 2 is 1.74 bits per heavy atom. The van der Waals surface area contributed by atoms with Gasteiger partial charge in [0.25, 0.3) is 11.8 Å². The Morgan fingerprint density at radius 1 is 1.03 bits per heavy atom. The maximum Gasteiger partial charge on any atom is 0.308 e. The third-order valence-corrected chi connectivity index (χ3v) is 5.68. The molecule has 2 rings (SSSR count). The van der Waals surface area contributed by atoms with Gasteiger partial charge < -0.3 is 21.0 Å². The maximum atomic E-state index is 13.1. The predicted octanol–water partition coefficient (Wildman–Crippen LogP) is 2.64. The van der Waals surface area contributed by atoms with Crippen molar-refractivity contribution in [1.82, 2.24) is 20.9 Å². The summed E-state index contributed by atoms with van der Waals surface area (Å²) >= 11 is 0. The highest BCUT2D eigenvalue weighted by molar-refractivity contribution is 6.51. The van der Waals surface area contributed by atoms with Crippen LogP contribution in [0.15, 0.2) is 48.8 Å². The van der Waals surface area contributed by atoms with Crippen LogP contribution in [0, 0.1) is 5.92 Å². The molecule has 1 aromatic carbocycles. The summed E-state index contributed by atoms with van der Waals surface area (Å²) in [6.45, 7) is 6.86. The molecule has 188 valence electrons. The lowest BCUT2D eigenvalue weighted by atomic mass is 9.61. The normalized spacial score (nSPS) is 12.5. The van der Waals surface area contributed by atoms with Gasteiger partial charge in [-0.1, -0.05) is 46.1 Å². The molecule has 0 radical (unpaired) electrons. The van der Waals surface area contributed by atoms with E-state index in [9.17, 15) is 19.4 Å². The number of rotatable bonds is 13. The number of carbonyl (C=O) groups excluding carboxylic acids is 3. The molecule has 1 heterocycles. The fourth-order valence-electron chi connectivity index (χ4n) is 3.62. The van der Waals surface area contributed by atoms with E-state index in [2.05, 4.69) is 27.9 Å². The van der Waals surface area contributed by atoms with E-state index in [1.807, 2.05) is 26.0 Å². The number of nitrogens with one attached hydrogen (secondary N) is 3. The Bertz CT molecular complexity index is 952. The molecule has 0 fully saturated rings. The average Bonchev–Trinajstić information content (AvgIpc) is 2.84. The smallest absolute Gasteiger partial charge is 0.308 e. The Balaban J connectivity index is 2.14. The maximum absolute atomic E-state index is 13.1. The Hall–Kier alpha value is -3.20. The number of amides is 3. The summed E-state index contributed by atoms with van der Waals surface area (Å²) in [5.41, 5.74) is 1.92. The number of unbranched alkanes of at least 4 members (excludes halogenated alkanes) is 1. The van der Waals surface area contributed by atoms with E-state index in [1.165, 1.54) is 6.20 Å². The van der Waals surface area contributed by atoms with Crippen molar-refractivity contribution >= 4 is 24.6 Å². The van der Waals surface area contributed by atoms with Crippen LogP contribution in [0.1, 0.15) is 66.3 Å². The van der Waals surface area contributed by atoms with Crippen LogP contribution >= 0.6 is 0 Å². The van der Waals surface area contributed by atoms with Crippen LogP contribution in [0.5, 0.6) is 0 Å². The molecule has 3 amide bonds. The summed E-state index contributed by atoms with van der Waals surface area (Å²) in [7, 11) is 0. The van der Waals surface area contributed by atoms with Gasteiger partial charge in [-0.15, -0.1) is 0 Å². The van der Waals surface area contributed by atoms with Crippen LogP contribution in [0.2, 0.25) is 6.82 Å². The number of carbonyl (C=O) groups is 3. The van der Waals surface area contributed by atoms with Crippen molar-refractivity contribution in [3.63, 3.8) is 0 Å². The number of benzene rings is 1. The highest BCUT2D eigenvalue weighted by Crippen LogP contribution is 2.10. The molecule has 0 saturated carbocycles. The molecule has 0 aliphatic carbocycles. The second-order valence-corrected chi connectivity index (χ2v) is 9.26. The first-order chi connectivity index (χ1) is 16.7. The van der Waals surface area contributed by atoms with Gasteiger partial charge in [-0.05, 0) is 55.0 Å². The van der Waals surface area contributed by atoms with Crippen molar-refractivity contribution in [1.29, 1.82) is 0 Å². The summed E-state index contributed by atoms with van der Waals surface area (Å²) in [5.74, 6) is -1.52. The monoisotopic (exact) mass is 480 g/mol. The summed E-state index contributed by atoms with van der Waals surface area (Å²) < 4.78 is 0. The molecule has 2 aromatic rings. The van der Waals surface area contributed by atoms with Crippen molar-refractivity contribution in [2.45, 2.75) is 65.3 Å². The fourth-order valence-corrected chi connectivity index (χ4v) is 3.62. The minimum Gasteiger partial charge on any atom is -0.449 e. The molecule has 35 heavy (non-hydrogen) atoms. The molecule has 0 saturated heterocycles. The molecule has 0 spiro atoms. The standard InChI is InChI=1S/C26H37BN4O4/c1-5-6-8-19-10-12-20(13-11-19)25(33)30-22(17-29-24(32)21-9-7-14-28-16-21)26(34)31-23(27(4)35)15-18(2)3/h7,9-14,16,18,22-23,35H,5-6,8,15,17H2,1-4H3,(H,29,32)(H,30,33)(H,31,34)/t22-,23?/m0/s1. The van der Waals surface area contributed by atoms with Gasteiger partial charge in [-0.3, -0.25) is 19.4 Å². The van der Waals surface area contributed by atoms with Gasteiger partial charge in [0.05, 0.1) is 5.56 Å². The topological polar surface area (TPSA) is 120 Å². The number of aryl methyl sites for hydroxylation is 1. The largest absolute Gasteiger partial charge is 0.449 e. The zero-order valence-electron chi connectivity index (χ0n) is 21.1. The molecule has 1 unspecified atom stereocenters. The van der Waals surface area contributed by atoms with Crippen LogP contribution in [0.4, 0.5) is 0 Å². The highest BCUT2D eigenvalue weighted by Gasteiger charge is 2.28. The SMILES string of the molecule is CCCCc1ccc(C(=O)N[C@@H](CNC(=O)c2cccnc2)C(=O)NC(CC(C)C)B(C)O)cc1. The van der Waals surface area contributed by atoms with Gasteiger partial charge in [0.1, 0.15) is 6.04 Å². The number of pyridine rings is 1. The predicted molar refractivity (Wildman–Crippen MR) is 138 cm³/mol. The number of aromatic nitrogens is 1. The zero-order chi connectivity index (χ0) is 25.8. The van der Waals surface area contributed by atoms with Crippen molar-refractivity contribution in [2.75, 3.05) is 6.54 Å². The van der Waals surface area contributed by atoms with Gasteiger partial charge in [0.2, 0.25) is 5.91 Å². The van der Waals surface area contributed by atoms with E-state index in [0.29, 0.717) is 17.5 Å². The minimum absolute atomic E-state index is 0.117. The fraction of sp³-hybridized carbons (Fsp3) is 0.462. The van der Waals surface area contributed by atoms with Crippen molar-refractivity contribution in [2.24, 2.45) is 5.92 Å². The number of hydrogen-bond acceptors (Lipinski definition) is 5. The molecular formula is C26H37BN4O4. The van der Waals surface area contributed by atoms with Crippen LogP contribution < -0.4 is 16.0 Å². The number of hydrogen-bond donors (Lipinski definition) is 4. The number of nitrogens with zero attached hydrogens (tertiary/aromatic N) is 1. The first-order valence-electron chi connectivity index (χ1n) is 12.3. The molecule has 1 aromatic heterocycles. The minimum atomic E-state index is -1.03. The van der Waals surface area contributed by atoms with E-state index < -0.39 is 36.6 Å². The molecule has 2 atom stereocenters. The van der Waals surface area contributed by atoms with Crippen molar-refractivity contribution in [3.8, 4) is 0 Å². The van der Waals surface area contributed by atoms with Crippen LogP contribution in [0.25, 0.3) is 0 Å². The molecule has 0 aliphatic heterocycles. The Labute approximate surface area is 208 Å². The first kappa shape index (κ1) is 28.0. The summed E-state index contributed by atoms with van der Waals surface area (Å²) in [5, 5.41) is 18.4. The molecule has 0 bridgehead atoms. The van der Waals surface area contributed by atoms with E-state index >= 15 is 0 Å². The van der Waals surface area contributed by atoms with Crippen LogP contribution in [0.3, 0.4) is 0 Å². The van der Waals surface area contributed by atoms with E-state index in [-0.39, 0.29) is 12.5 Å². The molecular weight excluding hydrogens is 443 g/mol. The second kappa shape index (κ2) is 14.3. The van der Waals surface area contributed by atoms with Crippen molar-refractivity contribution < 1.29 is 19.4 Å². The summed E-state index contributed by atoms with van der Waals surface area (Å²) in [4.78, 5) is 42.5. The van der Waals surface area contributed by atoms with Crippen LogP contribution in [-0.4, -0.2) is 53.2 Å². The third kappa shape index (κ3) is 9.52. The van der Waals surface area contributed by atoms with Gasteiger partial charge in [-0.25, -0.2) is 0 Å². The van der Waals surface area contributed by atoms with E-state index in [0.717, 1.165) is 24.8 Å². The molecule has 9 heteroatoms. The summed E-state index contributed by atoms with van der Waals surface area (Å²) in [6.07, 6.45) is 6.67. The quantitative estimate of drug-likeness (QED) is 0.329. The van der Waals surface area contributed by atoms with Crippen molar-refractivity contribution in [3.05, 3.63) is 65.5 Å². The van der Waals surface area contributed by atoms with Crippen LogP contribution in [-0.2, 0) is 11.2 Å². The molecule has 4 N–H and O–H groups in total. The first-order valence-corrected chi connectivity index (χ1v) is 12.3. The lowest BCUT2D eigenvalue weighted by Gasteiger charge is -2.25. The Kier molecular flexibility index (Phi) is 11.4. The van der Waals surface area contributed by atoms with Gasteiger partial charge in [0, 0.05) is 30.4 Å². The lowest BCUT2D eigenvalue weighted by Crippen LogP contribution is -2.57. The van der Waals surface area contributed by atoms with Gasteiger partial charge >= 0.3 is 6.92 Å². The van der Waals surface area contributed by atoms with E-state index in [4.69, 9.17) is 0 Å². The van der Waals surface area contributed by atoms with Gasteiger partial charge in [0.15, 0.2) is 0 Å².